The van der Waals surface area contributed by atoms with Gasteiger partial charge in [0.1, 0.15) is 18.5 Å². The molecule has 0 spiro atoms. The molecular formula is C19H27N3O3. The van der Waals surface area contributed by atoms with Crippen LogP contribution in [0.5, 0.6) is 5.75 Å². The molecule has 0 aliphatic heterocycles. The molecule has 0 radical (unpaired) electrons. The molecule has 25 heavy (non-hydrogen) atoms. The molecule has 1 aromatic carbocycles. The van der Waals surface area contributed by atoms with Crippen molar-refractivity contribution in [3.63, 3.8) is 0 Å². The molecule has 1 amide bonds. The maximum Gasteiger partial charge on any atom is 0.220 e. The Morgan fingerprint density at radius 2 is 2.12 bits per heavy atom. The van der Waals surface area contributed by atoms with Gasteiger partial charge in [-0.3, -0.25) is 9.48 Å². The van der Waals surface area contributed by atoms with Crippen LogP contribution in [-0.4, -0.2) is 40.0 Å². The van der Waals surface area contributed by atoms with Gasteiger partial charge in [0, 0.05) is 25.7 Å². The lowest BCUT2D eigenvalue weighted by Gasteiger charge is -2.13. The number of rotatable bonds is 8. The second-order valence-corrected chi connectivity index (χ2v) is 6.36. The zero-order chi connectivity index (χ0) is 18.4. The molecule has 2 aromatic rings. The molecule has 6 heteroatoms. The highest BCUT2D eigenvalue weighted by Crippen LogP contribution is 2.14. The number of aryl methyl sites for hydroxylation is 3. The van der Waals surface area contributed by atoms with Crippen LogP contribution in [0.3, 0.4) is 0 Å². The summed E-state index contributed by atoms with van der Waals surface area (Å²) in [5.41, 5.74) is 4.25. The van der Waals surface area contributed by atoms with E-state index in [4.69, 9.17) is 4.74 Å². The molecule has 0 bridgehead atoms. The molecule has 0 aliphatic rings. The van der Waals surface area contributed by atoms with Crippen molar-refractivity contribution in [1.29, 1.82) is 0 Å². The SMILES string of the molecule is Cc1cccc(OCC(O)CNC(=O)CCc2c(C)nn(C)c2C)c1. The van der Waals surface area contributed by atoms with Gasteiger partial charge in [-0.25, -0.2) is 0 Å². The van der Waals surface area contributed by atoms with E-state index < -0.39 is 6.10 Å². The van der Waals surface area contributed by atoms with Gasteiger partial charge in [0.2, 0.25) is 5.91 Å². The summed E-state index contributed by atoms with van der Waals surface area (Å²) in [7, 11) is 1.90. The third-order valence-electron chi connectivity index (χ3n) is 4.23. The van der Waals surface area contributed by atoms with Crippen LogP contribution in [0.1, 0.15) is 28.9 Å². The van der Waals surface area contributed by atoms with Crippen LogP contribution in [0.4, 0.5) is 0 Å². The summed E-state index contributed by atoms with van der Waals surface area (Å²) in [6.07, 6.45) is 0.276. The summed E-state index contributed by atoms with van der Waals surface area (Å²) >= 11 is 0. The highest BCUT2D eigenvalue weighted by atomic mass is 16.5. The zero-order valence-electron chi connectivity index (χ0n) is 15.4. The van der Waals surface area contributed by atoms with Gasteiger partial charge in [-0.15, -0.1) is 0 Å². The lowest BCUT2D eigenvalue weighted by atomic mass is 10.1. The number of aromatic nitrogens is 2. The number of aliphatic hydroxyl groups excluding tert-OH is 1. The van der Waals surface area contributed by atoms with E-state index in [9.17, 15) is 9.90 Å². The lowest BCUT2D eigenvalue weighted by molar-refractivity contribution is -0.121. The number of aliphatic hydroxyl groups is 1. The van der Waals surface area contributed by atoms with Crippen molar-refractivity contribution in [2.75, 3.05) is 13.2 Å². The van der Waals surface area contributed by atoms with Crippen molar-refractivity contribution < 1.29 is 14.6 Å². The summed E-state index contributed by atoms with van der Waals surface area (Å²) in [5.74, 6) is 0.630. The van der Waals surface area contributed by atoms with Gasteiger partial charge < -0.3 is 15.2 Å². The number of benzene rings is 1. The second kappa shape index (κ2) is 8.67. The first kappa shape index (κ1) is 19.0. The van der Waals surface area contributed by atoms with Crippen LogP contribution in [-0.2, 0) is 18.3 Å². The van der Waals surface area contributed by atoms with E-state index in [2.05, 4.69) is 10.4 Å². The Balaban J connectivity index is 1.70. The number of amides is 1. The first-order valence-electron chi connectivity index (χ1n) is 8.50. The van der Waals surface area contributed by atoms with E-state index >= 15 is 0 Å². The maximum absolute atomic E-state index is 12.0. The van der Waals surface area contributed by atoms with E-state index in [0.29, 0.717) is 18.6 Å². The fraction of sp³-hybridized carbons (Fsp3) is 0.474. The molecule has 2 N–H and O–H groups in total. The number of nitrogens with zero attached hydrogens (tertiary/aromatic N) is 2. The third-order valence-corrected chi connectivity index (χ3v) is 4.23. The van der Waals surface area contributed by atoms with E-state index in [0.717, 1.165) is 22.5 Å². The molecule has 0 fully saturated rings. The predicted octanol–water partition coefficient (Wildman–Crippen LogP) is 1.83. The van der Waals surface area contributed by atoms with Crippen molar-refractivity contribution in [3.05, 3.63) is 46.8 Å². The molecule has 1 aromatic heterocycles. The summed E-state index contributed by atoms with van der Waals surface area (Å²) in [5, 5.41) is 17.1. The molecule has 0 aliphatic carbocycles. The maximum atomic E-state index is 12.0. The monoisotopic (exact) mass is 345 g/mol. The minimum atomic E-state index is -0.744. The molecule has 1 unspecified atom stereocenters. The normalized spacial score (nSPS) is 12.0. The minimum Gasteiger partial charge on any atom is -0.491 e. The van der Waals surface area contributed by atoms with Gasteiger partial charge >= 0.3 is 0 Å². The van der Waals surface area contributed by atoms with Gasteiger partial charge in [-0.05, 0) is 50.5 Å². The largest absolute Gasteiger partial charge is 0.491 e. The van der Waals surface area contributed by atoms with E-state index in [1.165, 1.54) is 0 Å². The molecule has 2 rings (SSSR count). The molecule has 0 saturated carbocycles. The average molecular weight is 345 g/mol. The summed E-state index contributed by atoms with van der Waals surface area (Å²) < 4.78 is 7.36. The Kier molecular flexibility index (Phi) is 6.58. The number of hydrogen-bond acceptors (Lipinski definition) is 4. The van der Waals surface area contributed by atoms with E-state index in [1.807, 2.05) is 56.8 Å². The molecule has 1 heterocycles. The standard InChI is InChI=1S/C19H27N3O3/c1-13-6-5-7-17(10-13)25-12-16(23)11-20-19(24)9-8-18-14(2)21-22(4)15(18)3/h5-7,10,16,23H,8-9,11-12H2,1-4H3,(H,20,24). The van der Waals surface area contributed by atoms with Gasteiger partial charge in [0.05, 0.1) is 5.69 Å². The first-order valence-corrected chi connectivity index (χ1v) is 8.50. The van der Waals surface area contributed by atoms with Crippen molar-refractivity contribution in [2.45, 2.75) is 39.7 Å². The van der Waals surface area contributed by atoms with Crippen molar-refractivity contribution >= 4 is 5.91 Å². The summed E-state index contributed by atoms with van der Waals surface area (Å²) in [6.45, 7) is 6.25. The summed E-state index contributed by atoms with van der Waals surface area (Å²) in [4.78, 5) is 12.0. The second-order valence-electron chi connectivity index (χ2n) is 6.36. The number of ether oxygens (including phenoxy) is 1. The van der Waals surface area contributed by atoms with Gasteiger partial charge in [0.25, 0.3) is 0 Å². The quantitative estimate of drug-likeness (QED) is 0.765. The number of hydrogen-bond donors (Lipinski definition) is 2. The lowest BCUT2D eigenvalue weighted by Crippen LogP contribution is -2.35. The Morgan fingerprint density at radius 3 is 2.76 bits per heavy atom. The molecule has 6 nitrogen and oxygen atoms in total. The Morgan fingerprint density at radius 1 is 1.36 bits per heavy atom. The van der Waals surface area contributed by atoms with Gasteiger partial charge in [-0.1, -0.05) is 12.1 Å². The van der Waals surface area contributed by atoms with Gasteiger partial charge in [0.15, 0.2) is 0 Å². The fourth-order valence-electron chi connectivity index (χ4n) is 2.69. The average Bonchev–Trinajstić information content (AvgIpc) is 2.81. The highest BCUT2D eigenvalue weighted by molar-refractivity contribution is 5.76. The highest BCUT2D eigenvalue weighted by Gasteiger charge is 2.12. The summed E-state index contributed by atoms with van der Waals surface area (Å²) in [6, 6.07) is 7.64. The van der Waals surface area contributed by atoms with Gasteiger partial charge in [-0.2, -0.15) is 5.10 Å². The van der Waals surface area contributed by atoms with Crippen LogP contribution in [0.2, 0.25) is 0 Å². The van der Waals surface area contributed by atoms with E-state index in [1.54, 1.807) is 0 Å². The zero-order valence-corrected chi connectivity index (χ0v) is 15.4. The van der Waals surface area contributed by atoms with Crippen molar-refractivity contribution in [2.24, 2.45) is 7.05 Å². The van der Waals surface area contributed by atoms with Crippen molar-refractivity contribution in [3.8, 4) is 5.75 Å². The minimum absolute atomic E-state index is 0.0859. The van der Waals surface area contributed by atoms with Crippen LogP contribution >= 0.6 is 0 Å². The fourth-order valence-corrected chi connectivity index (χ4v) is 2.69. The molecule has 136 valence electrons. The van der Waals surface area contributed by atoms with Crippen LogP contribution in [0.15, 0.2) is 24.3 Å². The molecule has 0 saturated heterocycles. The Hall–Kier alpha value is -2.34. The predicted molar refractivity (Wildman–Crippen MR) is 96.7 cm³/mol. The van der Waals surface area contributed by atoms with E-state index in [-0.39, 0.29) is 19.1 Å². The first-order chi connectivity index (χ1) is 11.9. The van der Waals surface area contributed by atoms with Crippen LogP contribution in [0.25, 0.3) is 0 Å². The Bertz CT molecular complexity index is 725. The number of nitrogens with one attached hydrogen (secondary N) is 1. The molecular weight excluding hydrogens is 318 g/mol. The smallest absolute Gasteiger partial charge is 0.220 e. The van der Waals surface area contributed by atoms with Crippen LogP contribution in [0, 0.1) is 20.8 Å². The number of carbonyl (C=O) groups excluding carboxylic acids is 1. The third kappa shape index (κ3) is 5.60. The topological polar surface area (TPSA) is 76.4 Å². The Labute approximate surface area is 148 Å². The number of carbonyl (C=O) groups is 1. The van der Waals surface area contributed by atoms with Crippen LogP contribution < -0.4 is 10.1 Å². The van der Waals surface area contributed by atoms with Crippen molar-refractivity contribution in [1.82, 2.24) is 15.1 Å². The molecule has 1 atom stereocenters.